The number of imidazole rings is 1. The molecule has 1 aromatic heterocycles. The van der Waals surface area contributed by atoms with Crippen LogP contribution >= 0.6 is 0 Å². The van der Waals surface area contributed by atoms with Crippen molar-refractivity contribution in [3.05, 3.63) is 24.0 Å². The molecule has 2 N–H and O–H groups in total. The van der Waals surface area contributed by atoms with Crippen LogP contribution in [0.15, 0.2) is 18.2 Å². The largest absolute Gasteiger partial charge is 0.480 e. The van der Waals surface area contributed by atoms with Crippen LogP contribution in [0.1, 0.15) is 19.8 Å². The zero-order chi connectivity index (χ0) is 14.0. The molecule has 0 saturated heterocycles. The fourth-order valence-electron chi connectivity index (χ4n) is 2.01. The second-order valence-electron chi connectivity index (χ2n) is 4.43. The Morgan fingerprint density at radius 2 is 2.32 bits per heavy atom. The third-order valence-corrected chi connectivity index (χ3v) is 3.04. The Labute approximate surface area is 110 Å². The highest BCUT2D eigenvalue weighted by Gasteiger charge is 2.19. The summed E-state index contributed by atoms with van der Waals surface area (Å²) in [7, 11) is 1.72. The van der Waals surface area contributed by atoms with Gasteiger partial charge in [-0.1, -0.05) is 19.4 Å². The number of aromatic nitrogens is 2. The van der Waals surface area contributed by atoms with Crippen molar-refractivity contribution in [1.82, 2.24) is 9.55 Å². The van der Waals surface area contributed by atoms with E-state index in [1.807, 2.05) is 6.92 Å². The lowest BCUT2D eigenvalue weighted by atomic mass is 10.2. The van der Waals surface area contributed by atoms with Crippen molar-refractivity contribution >= 4 is 23.0 Å². The minimum atomic E-state index is -0.936. The highest BCUT2D eigenvalue weighted by Crippen LogP contribution is 2.21. The molecular weight excluding hydrogens is 249 g/mol. The zero-order valence-corrected chi connectivity index (χ0v) is 10.9. The number of hydrogen-bond acceptors (Lipinski definition) is 3. The Morgan fingerprint density at radius 3 is 2.89 bits per heavy atom. The van der Waals surface area contributed by atoms with E-state index in [2.05, 4.69) is 10.3 Å². The molecular formula is C13H16FN3O2. The van der Waals surface area contributed by atoms with Crippen molar-refractivity contribution in [2.45, 2.75) is 25.8 Å². The third kappa shape index (κ3) is 2.52. The molecule has 1 aromatic carbocycles. The number of anilines is 1. The van der Waals surface area contributed by atoms with Crippen molar-refractivity contribution in [3.63, 3.8) is 0 Å². The molecule has 0 radical (unpaired) electrons. The molecule has 5 nitrogen and oxygen atoms in total. The molecule has 0 fully saturated rings. The van der Waals surface area contributed by atoms with Crippen LogP contribution in [0.25, 0.3) is 11.0 Å². The smallest absolute Gasteiger partial charge is 0.326 e. The first-order chi connectivity index (χ1) is 9.04. The van der Waals surface area contributed by atoms with Crippen molar-refractivity contribution in [2.24, 2.45) is 7.05 Å². The summed E-state index contributed by atoms with van der Waals surface area (Å²) in [5.41, 5.74) is 0.872. The first-order valence-corrected chi connectivity index (χ1v) is 6.15. The number of aryl methyl sites for hydroxylation is 1. The number of aliphatic carboxylic acids is 1. The maximum absolute atomic E-state index is 13.6. The maximum Gasteiger partial charge on any atom is 0.326 e. The van der Waals surface area contributed by atoms with E-state index in [1.54, 1.807) is 23.7 Å². The lowest BCUT2D eigenvalue weighted by Gasteiger charge is -2.14. The van der Waals surface area contributed by atoms with Crippen LogP contribution in [0.5, 0.6) is 0 Å². The van der Waals surface area contributed by atoms with Crippen LogP contribution in [-0.4, -0.2) is 26.7 Å². The zero-order valence-electron chi connectivity index (χ0n) is 10.9. The normalized spacial score (nSPS) is 12.6. The Kier molecular flexibility index (Phi) is 3.69. The van der Waals surface area contributed by atoms with E-state index in [0.29, 0.717) is 17.9 Å². The van der Waals surface area contributed by atoms with Gasteiger partial charge in [-0.15, -0.1) is 0 Å². The predicted molar refractivity (Wildman–Crippen MR) is 70.6 cm³/mol. The molecule has 0 aliphatic heterocycles. The number of hydrogen-bond donors (Lipinski definition) is 2. The molecule has 19 heavy (non-hydrogen) atoms. The van der Waals surface area contributed by atoms with Gasteiger partial charge >= 0.3 is 5.97 Å². The number of carbonyl (C=O) groups is 1. The summed E-state index contributed by atoms with van der Waals surface area (Å²) in [4.78, 5) is 15.2. The van der Waals surface area contributed by atoms with Gasteiger partial charge in [-0.2, -0.15) is 0 Å². The van der Waals surface area contributed by atoms with Crippen LogP contribution in [0, 0.1) is 5.82 Å². The van der Waals surface area contributed by atoms with Crippen molar-refractivity contribution in [2.75, 3.05) is 5.32 Å². The minimum absolute atomic E-state index is 0.244. The van der Waals surface area contributed by atoms with Gasteiger partial charge in [0.15, 0.2) is 5.82 Å². The summed E-state index contributed by atoms with van der Waals surface area (Å²) >= 11 is 0. The molecule has 0 aliphatic carbocycles. The van der Waals surface area contributed by atoms with E-state index < -0.39 is 17.8 Å². The highest BCUT2D eigenvalue weighted by atomic mass is 19.1. The van der Waals surface area contributed by atoms with Gasteiger partial charge in [0, 0.05) is 7.05 Å². The van der Waals surface area contributed by atoms with Crippen LogP contribution in [0.4, 0.5) is 10.3 Å². The second-order valence-corrected chi connectivity index (χ2v) is 4.43. The van der Waals surface area contributed by atoms with Gasteiger partial charge in [0.05, 0.1) is 5.52 Å². The van der Waals surface area contributed by atoms with E-state index in [4.69, 9.17) is 5.11 Å². The van der Waals surface area contributed by atoms with Crippen molar-refractivity contribution in [3.8, 4) is 0 Å². The minimum Gasteiger partial charge on any atom is -0.480 e. The number of fused-ring (bicyclic) bond motifs is 1. The van der Waals surface area contributed by atoms with Crippen molar-refractivity contribution in [1.29, 1.82) is 0 Å². The van der Waals surface area contributed by atoms with E-state index >= 15 is 0 Å². The number of halogens is 1. The molecule has 1 atom stereocenters. The molecule has 0 amide bonds. The monoisotopic (exact) mass is 265 g/mol. The standard InChI is InChI=1S/C13H16FN3O2/c1-3-5-9(12(18)19)15-13-16-11-8(14)6-4-7-10(11)17(13)2/h4,6-7,9H,3,5H2,1-2H3,(H,15,16)(H,18,19). The average Bonchev–Trinajstić information content (AvgIpc) is 2.68. The van der Waals surface area contributed by atoms with Crippen LogP contribution in [0.2, 0.25) is 0 Å². The molecule has 0 saturated carbocycles. The van der Waals surface area contributed by atoms with Gasteiger partial charge in [-0.05, 0) is 18.6 Å². The second kappa shape index (κ2) is 5.26. The SMILES string of the molecule is CCCC(Nc1nc2c(F)cccc2n1C)C(=O)O. The Hall–Kier alpha value is -2.11. The molecule has 0 aliphatic rings. The van der Waals surface area contributed by atoms with E-state index in [0.717, 1.165) is 6.42 Å². The molecule has 6 heteroatoms. The van der Waals surface area contributed by atoms with Gasteiger partial charge in [0.25, 0.3) is 0 Å². The summed E-state index contributed by atoms with van der Waals surface area (Å²) in [6, 6.07) is 3.96. The van der Waals surface area contributed by atoms with Crippen LogP contribution < -0.4 is 5.32 Å². The number of para-hydroxylation sites is 1. The average molecular weight is 265 g/mol. The summed E-state index contributed by atoms with van der Waals surface area (Å²) in [5.74, 6) is -0.987. The summed E-state index contributed by atoms with van der Waals surface area (Å²) in [6.45, 7) is 1.91. The van der Waals surface area contributed by atoms with Gasteiger partial charge in [-0.25, -0.2) is 14.2 Å². The first-order valence-electron chi connectivity index (χ1n) is 6.15. The molecule has 0 bridgehead atoms. The van der Waals surface area contributed by atoms with E-state index in [-0.39, 0.29) is 5.52 Å². The lowest BCUT2D eigenvalue weighted by Crippen LogP contribution is -2.30. The first kappa shape index (κ1) is 13.3. The summed E-state index contributed by atoms with van der Waals surface area (Å²) in [5, 5.41) is 12.0. The number of benzene rings is 1. The van der Waals surface area contributed by atoms with E-state index in [9.17, 15) is 9.18 Å². The van der Waals surface area contributed by atoms with Crippen LogP contribution in [0.3, 0.4) is 0 Å². The third-order valence-electron chi connectivity index (χ3n) is 3.04. The molecule has 2 rings (SSSR count). The van der Waals surface area contributed by atoms with Crippen molar-refractivity contribution < 1.29 is 14.3 Å². The number of rotatable bonds is 5. The van der Waals surface area contributed by atoms with Gasteiger partial charge < -0.3 is 15.0 Å². The number of nitrogens with one attached hydrogen (secondary N) is 1. The van der Waals surface area contributed by atoms with Gasteiger partial charge in [0.2, 0.25) is 5.95 Å². The molecule has 102 valence electrons. The van der Waals surface area contributed by atoms with Crippen LogP contribution in [-0.2, 0) is 11.8 Å². The topological polar surface area (TPSA) is 67.2 Å². The predicted octanol–water partition coefficient (Wildman–Crippen LogP) is 2.38. The number of carboxylic acids is 1. The molecule has 2 aromatic rings. The van der Waals surface area contributed by atoms with E-state index in [1.165, 1.54) is 6.07 Å². The van der Waals surface area contributed by atoms with Gasteiger partial charge in [0.1, 0.15) is 11.6 Å². The quantitative estimate of drug-likeness (QED) is 0.871. The number of carboxylic acid groups (broad SMARTS) is 1. The maximum atomic E-state index is 13.6. The fourth-order valence-corrected chi connectivity index (χ4v) is 2.01. The fraction of sp³-hybridized carbons (Fsp3) is 0.385. The summed E-state index contributed by atoms with van der Waals surface area (Å²) in [6.07, 6.45) is 1.23. The number of nitrogens with zero attached hydrogens (tertiary/aromatic N) is 2. The Balaban J connectivity index is 2.37. The molecule has 1 heterocycles. The highest BCUT2D eigenvalue weighted by molar-refractivity contribution is 5.81. The Morgan fingerprint density at radius 1 is 1.58 bits per heavy atom. The summed E-state index contributed by atoms with van der Waals surface area (Å²) < 4.78 is 15.3. The molecule has 0 spiro atoms. The molecule has 1 unspecified atom stereocenters. The Bertz CT molecular complexity index is 609. The lowest BCUT2D eigenvalue weighted by molar-refractivity contribution is -0.138. The van der Waals surface area contributed by atoms with Gasteiger partial charge in [-0.3, -0.25) is 0 Å².